The number of nitrogens with one attached hydrogen (secondary N) is 1. The summed E-state index contributed by atoms with van der Waals surface area (Å²) in [5.41, 5.74) is 2.94. The number of carbonyl (C=O) groups is 1. The molecule has 1 N–H and O–H groups in total. The summed E-state index contributed by atoms with van der Waals surface area (Å²) in [5, 5.41) is 2.95. The zero-order valence-electron chi connectivity index (χ0n) is 19.4. The fourth-order valence-electron chi connectivity index (χ4n) is 3.83. The lowest BCUT2D eigenvalue weighted by atomic mass is 10.1. The minimum Gasteiger partial charge on any atom is -0.352 e. The summed E-state index contributed by atoms with van der Waals surface area (Å²) in [6.45, 7) is 0.689. The number of hydrogen-bond donors (Lipinski definition) is 1. The number of aryl methyl sites for hydroxylation is 1. The first-order chi connectivity index (χ1) is 17.0. The van der Waals surface area contributed by atoms with E-state index in [9.17, 15) is 13.2 Å². The van der Waals surface area contributed by atoms with Crippen LogP contribution in [-0.4, -0.2) is 20.9 Å². The molecule has 0 spiro atoms. The normalized spacial score (nSPS) is 11.1. The molecule has 35 heavy (non-hydrogen) atoms. The van der Waals surface area contributed by atoms with Crippen LogP contribution in [0.15, 0.2) is 120 Å². The van der Waals surface area contributed by atoms with E-state index in [0.717, 1.165) is 18.4 Å². The van der Waals surface area contributed by atoms with Crippen molar-refractivity contribution in [2.24, 2.45) is 0 Å². The fourth-order valence-corrected chi connectivity index (χ4v) is 5.29. The molecular formula is C29H28N2O3S. The molecule has 4 rings (SSSR count). The molecule has 0 radical (unpaired) electrons. The number of benzene rings is 4. The highest BCUT2D eigenvalue weighted by Gasteiger charge is 2.25. The van der Waals surface area contributed by atoms with Gasteiger partial charge in [-0.25, -0.2) is 8.42 Å². The molecule has 4 aromatic carbocycles. The van der Waals surface area contributed by atoms with E-state index in [-0.39, 0.29) is 17.3 Å². The van der Waals surface area contributed by atoms with E-state index in [1.807, 2.05) is 48.5 Å². The monoisotopic (exact) mass is 484 g/mol. The molecule has 178 valence electrons. The molecule has 0 unspecified atom stereocenters. The van der Waals surface area contributed by atoms with Gasteiger partial charge in [-0.15, -0.1) is 0 Å². The second kappa shape index (κ2) is 11.5. The third kappa shape index (κ3) is 6.37. The minimum atomic E-state index is -3.84. The van der Waals surface area contributed by atoms with Crippen molar-refractivity contribution in [1.82, 2.24) is 5.32 Å². The third-order valence-electron chi connectivity index (χ3n) is 5.67. The van der Waals surface area contributed by atoms with Gasteiger partial charge in [0, 0.05) is 12.1 Å². The highest BCUT2D eigenvalue weighted by Crippen LogP contribution is 2.27. The van der Waals surface area contributed by atoms with Gasteiger partial charge < -0.3 is 5.32 Å². The molecule has 0 aliphatic carbocycles. The molecule has 0 heterocycles. The molecule has 6 heteroatoms. The van der Waals surface area contributed by atoms with Crippen molar-refractivity contribution >= 4 is 21.6 Å². The molecule has 1 amide bonds. The summed E-state index contributed by atoms with van der Waals surface area (Å²) in [4.78, 5) is 13.0. The summed E-state index contributed by atoms with van der Waals surface area (Å²) >= 11 is 0. The van der Waals surface area contributed by atoms with Crippen LogP contribution in [0.1, 0.15) is 27.9 Å². The van der Waals surface area contributed by atoms with Crippen LogP contribution in [0, 0.1) is 0 Å². The Labute approximate surface area is 207 Å². The lowest BCUT2D eigenvalue weighted by molar-refractivity contribution is 0.0953. The zero-order chi connectivity index (χ0) is 24.5. The van der Waals surface area contributed by atoms with Crippen LogP contribution in [0.4, 0.5) is 5.69 Å². The molecule has 0 fully saturated rings. The van der Waals surface area contributed by atoms with Gasteiger partial charge in [0.2, 0.25) is 0 Å². The highest BCUT2D eigenvalue weighted by atomic mass is 32.2. The largest absolute Gasteiger partial charge is 0.352 e. The Morgan fingerprint density at radius 3 is 1.97 bits per heavy atom. The van der Waals surface area contributed by atoms with E-state index in [1.165, 1.54) is 9.87 Å². The molecule has 4 aromatic rings. The van der Waals surface area contributed by atoms with Gasteiger partial charge >= 0.3 is 0 Å². The number of anilines is 1. The van der Waals surface area contributed by atoms with Gasteiger partial charge in [-0.05, 0) is 54.3 Å². The van der Waals surface area contributed by atoms with Crippen LogP contribution in [0.3, 0.4) is 0 Å². The predicted octanol–water partition coefficient (Wildman–Crippen LogP) is 5.44. The topological polar surface area (TPSA) is 66.5 Å². The molecular weight excluding hydrogens is 456 g/mol. The highest BCUT2D eigenvalue weighted by molar-refractivity contribution is 7.92. The lowest BCUT2D eigenvalue weighted by Gasteiger charge is -2.25. The van der Waals surface area contributed by atoms with Crippen LogP contribution < -0.4 is 9.62 Å². The maximum atomic E-state index is 13.6. The number of rotatable bonds is 10. The second-order valence-corrected chi connectivity index (χ2v) is 10.1. The van der Waals surface area contributed by atoms with Crippen LogP contribution in [0.2, 0.25) is 0 Å². The van der Waals surface area contributed by atoms with Gasteiger partial charge in [0.25, 0.3) is 15.9 Å². The van der Waals surface area contributed by atoms with Gasteiger partial charge in [0.1, 0.15) is 0 Å². The fraction of sp³-hybridized carbons (Fsp3) is 0.138. The first kappa shape index (κ1) is 24.2. The van der Waals surface area contributed by atoms with Crippen molar-refractivity contribution in [3.63, 3.8) is 0 Å². The van der Waals surface area contributed by atoms with E-state index in [1.54, 1.807) is 54.6 Å². The SMILES string of the molecule is O=C(NCCCc1ccccc1)c1cccc(N(Cc2ccccc2)S(=O)(=O)c2ccccc2)c1. The second-order valence-electron chi connectivity index (χ2n) is 8.21. The molecule has 0 aromatic heterocycles. The van der Waals surface area contributed by atoms with Crippen molar-refractivity contribution in [2.45, 2.75) is 24.3 Å². The smallest absolute Gasteiger partial charge is 0.264 e. The van der Waals surface area contributed by atoms with Crippen LogP contribution in [0.5, 0.6) is 0 Å². The minimum absolute atomic E-state index is 0.153. The first-order valence-corrected chi connectivity index (χ1v) is 13.0. The number of sulfonamides is 1. The van der Waals surface area contributed by atoms with Crippen LogP contribution in [0.25, 0.3) is 0 Å². The van der Waals surface area contributed by atoms with E-state index < -0.39 is 10.0 Å². The Balaban J connectivity index is 1.53. The average molecular weight is 485 g/mol. The Kier molecular flexibility index (Phi) is 7.95. The summed E-state index contributed by atoms with van der Waals surface area (Å²) in [5.74, 6) is -0.225. The van der Waals surface area contributed by atoms with Crippen molar-refractivity contribution < 1.29 is 13.2 Å². The Hall–Kier alpha value is -3.90. The molecule has 0 aliphatic rings. The molecule has 5 nitrogen and oxygen atoms in total. The van der Waals surface area contributed by atoms with Gasteiger partial charge in [-0.3, -0.25) is 9.10 Å². The molecule has 0 aliphatic heterocycles. The number of nitrogens with zero attached hydrogens (tertiary/aromatic N) is 1. The Morgan fingerprint density at radius 1 is 0.714 bits per heavy atom. The van der Waals surface area contributed by atoms with Crippen molar-refractivity contribution in [1.29, 1.82) is 0 Å². The predicted molar refractivity (Wildman–Crippen MR) is 140 cm³/mol. The summed E-state index contributed by atoms with van der Waals surface area (Å²) in [7, 11) is -3.84. The average Bonchev–Trinajstić information content (AvgIpc) is 2.91. The Bertz CT molecular complexity index is 1340. The van der Waals surface area contributed by atoms with Gasteiger partial charge in [0.05, 0.1) is 17.1 Å². The quantitative estimate of drug-likeness (QED) is 0.305. The number of hydrogen-bond acceptors (Lipinski definition) is 3. The van der Waals surface area contributed by atoms with Crippen molar-refractivity contribution in [2.75, 3.05) is 10.8 Å². The summed E-state index contributed by atoms with van der Waals surface area (Å²) < 4.78 is 28.5. The van der Waals surface area contributed by atoms with E-state index in [2.05, 4.69) is 17.4 Å². The van der Waals surface area contributed by atoms with Crippen molar-refractivity contribution in [3.05, 3.63) is 132 Å². The maximum Gasteiger partial charge on any atom is 0.264 e. The lowest BCUT2D eigenvalue weighted by Crippen LogP contribution is -2.31. The van der Waals surface area contributed by atoms with Crippen LogP contribution >= 0.6 is 0 Å². The standard InChI is InChI=1S/C29H28N2O3S/c32-29(30-21-11-16-24-12-4-1-5-13-24)26-17-10-18-27(22-26)31(23-25-14-6-2-7-15-25)35(33,34)28-19-8-3-9-20-28/h1-10,12-15,17-20,22H,11,16,21,23H2,(H,30,32). The van der Waals surface area contributed by atoms with Crippen molar-refractivity contribution in [3.8, 4) is 0 Å². The zero-order valence-corrected chi connectivity index (χ0v) is 20.2. The van der Waals surface area contributed by atoms with E-state index in [4.69, 9.17) is 0 Å². The van der Waals surface area contributed by atoms with Gasteiger partial charge in [0.15, 0.2) is 0 Å². The van der Waals surface area contributed by atoms with E-state index >= 15 is 0 Å². The number of amides is 1. The van der Waals surface area contributed by atoms with Crippen LogP contribution in [-0.2, 0) is 23.0 Å². The molecule has 0 saturated carbocycles. The summed E-state index contributed by atoms with van der Waals surface area (Å²) in [6, 6.07) is 34.7. The summed E-state index contributed by atoms with van der Waals surface area (Å²) in [6.07, 6.45) is 1.69. The van der Waals surface area contributed by atoms with E-state index in [0.29, 0.717) is 17.8 Å². The molecule has 0 atom stereocenters. The third-order valence-corrected chi connectivity index (χ3v) is 7.46. The number of carbonyl (C=O) groups excluding carboxylic acids is 1. The molecule has 0 bridgehead atoms. The van der Waals surface area contributed by atoms with Gasteiger partial charge in [-0.1, -0.05) is 84.9 Å². The molecule has 0 saturated heterocycles. The van der Waals surface area contributed by atoms with Gasteiger partial charge in [-0.2, -0.15) is 0 Å². The maximum absolute atomic E-state index is 13.6. The first-order valence-electron chi connectivity index (χ1n) is 11.6. The Morgan fingerprint density at radius 2 is 1.31 bits per heavy atom.